The molecule has 20 heavy (non-hydrogen) atoms. The third-order valence-corrected chi connectivity index (χ3v) is 3.13. The highest BCUT2D eigenvalue weighted by molar-refractivity contribution is 5.89. The molecule has 1 aromatic heterocycles. The summed E-state index contributed by atoms with van der Waals surface area (Å²) in [5.41, 5.74) is 8.31. The van der Waals surface area contributed by atoms with Crippen LogP contribution in [0.25, 0.3) is 0 Å². The van der Waals surface area contributed by atoms with Crippen LogP contribution >= 0.6 is 0 Å². The van der Waals surface area contributed by atoms with Gasteiger partial charge in [-0.15, -0.1) is 0 Å². The minimum Gasteiger partial charge on any atom is -0.469 e. The smallest absolute Gasteiger partial charge is 0.321 e. The summed E-state index contributed by atoms with van der Waals surface area (Å²) < 4.78 is 5.22. The minimum absolute atomic E-state index is 0.167. The highest BCUT2D eigenvalue weighted by Gasteiger charge is 2.11. The Balaban J connectivity index is 1.98. The van der Waals surface area contributed by atoms with Crippen LogP contribution in [0.15, 0.2) is 41.0 Å². The average molecular weight is 273 g/mol. The molecule has 0 aliphatic rings. The summed E-state index contributed by atoms with van der Waals surface area (Å²) in [5, 5.41) is 2.85. The highest BCUT2D eigenvalue weighted by Crippen LogP contribution is 2.14. The number of aryl methyl sites for hydroxylation is 1. The van der Waals surface area contributed by atoms with E-state index >= 15 is 0 Å². The standard InChI is InChI=1S/C15H19N3O2/c1-11-13(6-7-20-11)10-18(2)15(19)17-14-5-3-4-12(8-14)9-16/h3-8H,9-10,16H2,1-2H3,(H,17,19). The van der Waals surface area contributed by atoms with Crippen molar-refractivity contribution >= 4 is 11.7 Å². The summed E-state index contributed by atoms with van der Waals surface area (Å²) in [6.07, 6.45) is 1.63. The van der Waals surface area contributed by atoms with Crippen LogP contribution in [-0.4, -0.2) is 18.0 Å². The lowest BCUT2D eigenvalue weighted by Gasteiger charge is -2.18. The summed E-state index contributed by atoms with van der Waals surface area (Å²) in [4.78, 5) is 13.7. The van der Waals surface area contributed by atoms with Crippen molar-refractivity contribution in [3.8, 4) is 0 Å². The summed E-state index contributed by atoms with van der Waals surface area (Å²) in [5.74, 6) is 0.828. The van der Waals surface area contributed by atoms with E-state index < -0.39 is 0 Å². The van der Waals surface area contributed by atoms with Crippen molar-refractivity contribution in [2.45, 2.75) is 20.0 Å². The molecule has 1 aromatic carbocycles. The van der Waals surface area contributed by atoms with Crippen LogP contribution < -0.4 is 11.1 Å². The fraction of sp³-hybridized carbons (Fsp3) is 0.267. The van der Waals surface area contributed by atoms with Crippen LogP contribution in [0.4, 0.5) is 10.5 Å². The number of rotatable bonds is 4. The van der Waals surface area contributed by atoms with Gasteiger partial charge in [-0.2, -0.15) is 0 Å². The average Bonchev–Trinajstić information content (AvgIpc) is 2.84. The number of amides is 2. The van der Waals surface area contributed by atoms with E-state index in [-0.39, 0.29) is 6.03 Å². The summed E-state index contributed by atoms with van der Waals surface area (Å²) >= 11 is 0. The number of nitrogens with two attached hydrogens (primary N) is 1. The summed E-state index contributed by atoms with van der Waals surface area (Å²) in [6, 6.07) is 9.21. The number of anilines is 1. The highest BCUT2D eigenvalue weighted by atomic mass is 16.3. The molecule has 0 saturated carbocycles. The van der Waals surface area contributed by atoms with Gasteiger partial charge in [-0.05, 0) is 30.7 Å². The zero-order chi connectivity index (χ0) is 14.5. The molecule has 0 bridgehead atoms. The number of hydrogen-bond acceptors (Lipinski definition) is 3. The lowest BCUT2D eigenvalue weighted by Crippen LogP contribution is -2.30. The predicted molar refractivity (Wildman–Crippen MR) is 78.3 cm³/mol. The molecule has 0 spiro atoms. The second-order valence-electron chi connectivity index (χ2n) is 4.69. The molecular formula is C15H19N3O2. The van der Waals surface area contributed by atoms with Crippen LogP contribution in [0.1, 0.15) is 16.9 Å². The van der Waals surface area contributed by atoms with Crippen molar-refractivity contribution in [1.29, 1.82) is 0 Å². The Morgan fingerprint density at radius 2 is 2.20 bits per heavy atom. The maximum Gasteiger partial charge on any atom is 0.321 e. The quantitative estimate of drug-likeness (QED) is 0.899. The fourth-order valence-electron chi connectivity index (χ4n) is 1.90. The van der Waals surface area contributed by atoms with E-state index in [0.717, 1.165) is 22.6 Å². The van der Waals surface area contributed by atoms with E-state index in [9.17, 15) is 4.79 Å². The predicted octanol–water partition coefficient (Wildman–Crippen LogP) is 2.71. The van der Waals surface area contributed by atoms with Gasteiger partial charge in [0.2, 0.25) is 0 Å². The normalized spacial score (nSPS) is 10.3. The second kappa shape index (κ2) is 6.25. The van der Waals surface area contributed by atoms with Crippen LogP contribution in [0.3, 0.4) is 0 Å². The van der Waals surface area contributed by atoms with Gasteiger partial charge in [-0.1, -0.05) is 12.1 Å². The molecule has 106 valence electrons. The molecule has 0 aliphatic carbocycles. The van der Waals surface area contributed by atoms with Crippen LogP contribution in [0.5, 0.6) is 0 Å². The molecule has 5 nitrogen and oxygen atoms in total. The molecular weight excluding hydrogens is 254 g/mol. The van der Waals surface area contributed by atoms with Crippen molar-refractivity contribution in [2.24, 2.45) is 5.73 Å². The van der Waals surface area contributed by atoms with E-state index in [1.165, 1.54) is 0 Å². The number of furan rings is 1. The maximum absolute atomic E-state index is 12.1. The zero-order valence-corrected chi connectivity index (χ0v) is 11.7. The van der Waals surface area contributed by atoms with Gasteiger partial charge in [0.1, 0.15) is 5.76 Å². The maximum atomic E-state index is 12.1. The minimum atomic E-state index is -0.167. The van der Waals surface area contributed by atoms with Gasteiger partial charge < -0.3 is 20.4 Å². The third-order valence-electron chi connectivity index (χ3n) is 3.13. The van der Waals surface area contributed by atoms with Crippen LogP contribution in [0, 0.1) is 6.92 Å². The Bertz CT molecular complexity index is 592. The number of nitrogens with one attached hydrogen (secondary N) is 1. The van der Waals surface area contributed by atoms with Gasteiger partial charge in [0.05, 0.1) is 12.8 Å². The van der Waals surface area contributed by atoms with E-state index in [0.29, 0.717) is 13.1 Å². The van der Waals surface area contributed by atoms with Crippen molar-refractivity contribution in [3.05, 3.63) is 53.5 Å². The van der Waals surface area contributed by atoms with Crippen molar-refractivity contribution in [1.82, 2.24) is 4.90 Å². The van der Waals surface area contributed by atoms with Gasteiger partial charge >= 0.3 is 6.03 Å². The summed E-state index contributed by atoms with van der Waals surface area (Å²) in [6.45, 7) is 2.84. The Hall–Kier alpha value is -2.27. The molecule has 2 amide bonds. The largest absolute Gasteiger partial charge is 0.469 e. The molecule has 5 heteroatoms. The zero-order valence-electron chi connectivity index (χ0n) is 11.7. The molecule has 0 atom stereocenters. The molecule has 2 aromatic rings. The van der Waals surface area contributed by atoms with E-state index in [4.69, 9.17) is 10.2 Å². The van der Waals surface area contributed by atoms with Gasteiger partial charge in [-0.3, -0.25) is 0 Å². The first-order chi connectivity index (χ1) is 9.60. The topological polar surface area (TPSA) is 71.5 Å². The Kier molecular flexibility index (Phi) is 4.42. The Morgan fingerprint density at radius 3 is 2.85 bits per heavy atom. The molecule has 0 unspecified atom stereocenters. The fourth-order valence-corrected chi connectivity index (χ4v) is 1.90. The van der Waals surface area contributed by atoms with Gasteiger partial charge in [0.15, 0.2) is 0 Å². The first kappa shape index (κ1) is 14.1. The van der Waals surface area contributed by atoms with E-state index in [2.05, 4.69) is 5.32 Å². The molecule has 2 rings (SSSR count). The lowest BCUT2D eigenvalue weighted by molar-refractivity contribution is 0.220. The second-order valence-corrected chi connectivity index (χ2v) is 4.69. The molecule has 0 fully saturated rings. The lowest BCUT2D eigenvalue weighted by atomic mass is 10.2. The molecule has 1 heterocycles. The number of benzene rings is 1. The van der Waals surface area contributed by atoms with Gasteiger partial charge in [0, 0.05) is 24.8 Å². The van der Waals surface area contributed by atoms with Crippen LogP contribution in [0.2, 0.25) is 0 Å². The first-order valence-corrected chi connectivity index (χ1v) is 6.44. The van der Waals surface area contributed by atoms with Crippen molar-refractivity contribution in [3.63, 3.8) is 0 Å². The molecule has 0 radical (unpaired) electrons. The van der Waals surface area contributed by atoms with Crippen molar-refractivity contribution < 1.29 is 9.21 Å². The number of urea groups is 1. The first-order valence-electron chi connectivity index (χ1n) is 6.44. The molecule has 0 saturated heterocycles. The number of carbonyl (C=O) groups is 1. The van der Waals surface area contributed by atoms with E-state index in [1.54, 1.807) is 18.2 Å². The number of nitrogens with zero attached hydrogens (tertiary/aromatic N) is 1. The summed E-state index contributed by atoms with van der Waals surface area (Å²) in [7, 11) is 1.74. The monoisotopic (exact) mass is 273 g/mol. The number of hydrogen-bond donors (Lipinski definition) is 2. The molecule has 3 N–H and O–H groups in total. The molecule has 0 aliphatic heterocycles. The van der Waals surface area contributed by atoms with Crippen molar-refractivity contribution in [2.75, 3.05) is 12.4 Å². The number of carbonyl (C=O) groups excluding carboxylic acids is 1. The third kappa shape index (κ3) is 3.39. The van der Waals surface area contributed by atoms with Crippen LogP contribution in [-0.2, 0) is 13.1 Å². The van der Waals surface area contributed by atoms with E-state index in [1.807, 2.05) is 37.3 Å². The van der Waals surface area contributed by atoms with Gasteiger partial charge in [-0.25, -0.2) is 4.79 Å². The van der Waals surface area contributed by atoms with Gasteiger partial charge in [0.25, 0.3) is 0 Å². The SMILES string of the molecule is Cc1occc1CN(C)C(=O)Nc1cccc(CN)c1. The Morgan fingerprint density at radius 1 is 1.40 bits per heavy atom. The Labute approximate surface area is 118 Å².